The predicted molar refractivity (Wildman–Crippen MR) is 58.0 cm³/mol. The van der Waals surface area contributed by atoms with Crippen LogP contribution in [0.25, 0.3) is 0 Å². The monoisotopic (exact) mass is 270 g/mol. The van der Waals surface area contributed by atoms with E-state index in [1.165, 1.54) is 0 Å². The van der Waals surface area contributed by atoms with Gasteiger partial charge in [0.25, 0.3) is 0 Å². The third-order valence-electron chi connectivity index (χ3n) is 1.96. The van der Waals surface area contributed by atoms with Crippen molar-refractivity contribution in [2.75, 3.05) is 18.9 Å². The molecule has 0 aliphatic heterocycles. The Morgan fingerprint density at radius 3 is 2.15 bits per heavy atom. The van der Waals surface area contributed by atoms with Crippen molar-refractivity contribution in [1.82, 2.24) is 0 Å². The van der Waals surface area contributed by atoms with Crippen LogP contribution >= 0.6 is 23.1 Å². The van der Waals surface area contributed by atoms with Crippen LogP contribution in [-0.2, 0) is 14.1 Å². The molecule has 0 bridgehead atoms. The first-order valence-electron chi connectivity index (χ1n) is 4.40. The first kappa shape index (κ1) is 13.2. The van der Waals surface area contributed by atoms with Crippen molar-refractivity contribution < 1.29 is 14.1 Å². The first-order valence-corrected chi connectivity index (χ1v) is 7.46. The molecule has 0 saturated carbocycles. The summed E-state index contributed by atoms with van der Waals surface area (Å²) in [7, 11) is -2.42. The summed E-state index contributed by atoms with van der Waals surface area (Å²) in [5.41, 5.74) is 0. The fourth-order valence-corrected chi connectivity index (χ4v) is 4.36. The van der Waals surface area contributed by atoms with Gasteiger partial charge in [-0.25, -0.2) is 0 Å². The highest BCUT2D eigenvalue weighted by atomic mass is 79.9. The molecule has 0 spiro atoms. The fraction of sp³-hybridized carbons (Fsp3) is 0.875. The summed E-state index contributed by atoms with van der Waals surface area (Å²) >= 11 is 3.15. The van der Waals surface area contributed by atoms with Gasteiger partial charge in [0.15, 0.2) is 4.57 Å². The molecule has 0 rings (SSSR count). The van der Waals surface area contributed by atoms with Crippen LogP contribution in [0, 0.1) is 0 Å². The minimum atomic E-state index is -2.42. The molecular formula is C8H16BrO3P. The number of rotatable bonds is 5. The molecule has 0 aromatic carbocycles. The number of ether oxygens (including phenoxy) is 1. The van der Waals surface area contributed by atoms with Crippen LogP contribution in [0.2, 0.25) is 0 Å². The predicted octanol–water partition coefficient (Wildman–Crippen LogP) is 2.67. The minimum Gasteiger partial charge on any atom is -0.465 e. The van der Waals surface area contributed by atoms with E-state index in [-0.39, 0.29) is 0 Å². The fourth-order valence-electron chi connectivity index (χ4n) is 0.947. The summed E-state index contributed by atoms with van der Waals surface area (Å²) in [5.74, 6) is -0.408. The van der Waals surface area contributed by atoms with Gasteiger partial charge in [0.05, 0.1) is 6.61 Å². The van der Waals surface area contributed by atoms with Crippen molar-refractivity contribution in [2.24, 2.45) is 0 Å². The van der Waals surface area contributed by atoms with Gasteiger partial charge in [0, 0.05) is 0 Å². The highest BCUT2D eigenvalue weighted by Gasteiger charge is 2.34. The van der Waals surface area contributed by atoms with Crippen molar-refractivity contribution in [2.45, 2.75) is 25.3 Å². The maximum Gasteiger partial charge on any atom is 0.327 e. The van der Waals surface area contributed by atoms with Gasteiger partial charge in [0.2, 0.25) is 0 Å². The van der Waals surface area contributed by atoms with Crippen LogP contribution in [0.5, 0.6) is 0 Å². The molecular weight excluding hydrogens is 255 g/mol. The Morgan fingerprint density at radius 2 is 1.85 bits per heavy atom. The molecule has 0 radical (unpaired) electrons. The summed E-state index contributed by atoms with van der Waals surface area (Å²) in [4.78, 5) is 11.3. The molecule has 0 amide bonds. The summed E-state index contributed by atoms with van der Waals surface area (Å²) < 4.78 is 16.2. The zero-order valence-electron chi connectivity index (χ0n) is 8.25. The number of esters is 1. The molecule has 0 aliphatic rings. The van der Waals surface area contributed by atoms with Gasteiger partial charge >= 0.3 is 5.97 Å². The van der Waals surface area contributed by atoms with Crippen LogP contribution < -0.4 is 0 Å². The van der Waals surface area contributed by atoms with Gasteiger partial charge < -0.3 is 9.30 Å². The Morgan fingerprint density at radius 1 is 1.38 bits per heavy atom. The number of carbonyl (C=O) groups excluding carboxylic acids is 1. The summed E-state index contributed by atoms with van der Waals surface area (Å²) in [6.45, 7) is 5.73. The summed E-state index contributed by atoms with van der Waals surface area (Å²) in [6.07, 6.45) is 1.05. The topological polar surface area (TPSA) is 43.4 Å². The minimum absolute atomic E-state index is 0.328. The summed E-state index contributed by atoms with van der Waals surface area (Å²) in [6, 6.07) is 0. The van der Waals surface area contributed by atoms with E-state index in [9.17, 15) is 9.36 Å². The molecule has 0 N–H and O–H groups in total. The van der Waals surface area contributed by atoms with E-state index in [2.05, 4.69) is 15.9 Å². The molecule has 1 atom stereocenters. The third kappa shape index (κ3) is 3.43. The van der Waals surface area contributed by atoms with E-state index in [1.54, 1.807) is 6.92 Å². The van der Waals surface area contributed by atoms with Gasteiger partial charge in [-0.2, -0.15) is 0 Å². The Hall–Kier alpha value is 0.180. The second kappa shape index (κ2) is 5.82. The SMILES string of the molecule is CCOC(=O)C(Br)P(=O)(CC)CC. The zero-order valence-corrected chi connectivity index (χ0v) is 10.7. The first-order chi connectivity index (χ1) is 6.01. The molecule has 1 unspecified atom stereocenters. The van der Waals surface area contributed by atoms with E-state index in [4.69, 9.17) is 4.74 Å². The maximum atomic E-state index is 12.0. The smallest absolute Gasteiger partial charge is 0.327 e. The van der Waals surface area contributed by atoms with Gasteiger partial charge in [-0.3, -0.25) is 4.79 Å². The Balaban J connectivity index is 4.46. The zero-order chi connectivity index (χ0) is 10.5. The lowest BCUT2D eigenvalue weighted by Crippen LogP contribution is -2.19. The largest absolute Gasteiger partial charge is 0.465 e. The highest BCUT2D eigenvalue weighted by molar-refractivity contribution is 9.11. The van der Waals surface area contributed by atoms with E-state index in [0.717, 1.165) is 0 Å². The normalized spacial score (nSPS) is 13.8. The molecule has 3 nitrogen and oxygen atoms in total. The van der Waals surface area contributed by atoms with E-state index in [0.29, 0.717) is 18.9 Å². The lowest BCUT2D eigenvalue weighted by molar-refractivity contribution is -0.140. The van der Waals surface area contributed by atoms with E-state index >= 15 is 0 Å². The Kier molecular flexibility index (Phi) is 5.90. The molecule has 0 aromatic rings. The number of hydrogen-bond acceptors (Lipinski definition) is 3. The van der Waals surface area contributed by atoms with Crippen molar-refractivity contribution >= 4 is 29.0 Å². The van der Waals surface area contributed by atoms with E-state index < -0.39 is 17.7 Å². The van der Waals surface area contributed by atoms with Crippen molar-refractivity contribution in [3.05, 3.63) is 0 Å². The molecule has 0 heterocycles. The van der Waals surface area contributed by atoms with Crippen LogP contribution in [0.3, 0.4) is 0 Å². The number of carbonyl (C=O) groups is 1. The lowest BCUT2D eigenvalue weighted by Gasteiger charge is -2.18. The second-order valence-corrected chi connectivity index (χ2v) is 7.98. The molecule has 0 aromatic heterocycles. The molecule has 5 heteroatoms. The molecule has 0 fully saturated rings. The highest BCUT2D eigenvalue weighted by Crippen LogP contribution is 2.52. The van der Waals surface area contributed by atoms with Crippen molar-refractivity contribution in [3.63, 3.8) is 0 Å². The number of alkyl halides is 1. The Bertz CT molecular complexity index is 209. The van der Waals surface area contributed by atoms with E-state index in [1.807, 2.05) is 13.8 Å². The molecule has 78 valence electrons. The van der Waals surface area contributed by atoms with Crippen LogP contribution in [-0.4, -0.2) is 29.5 Å². The quantitative estimate of drug-likeness (QED) is 0.438. The number of halogens is 1. The third-order valence-corrected chi connectivity index (χ3v) is 7.76. The van der Waals surface area contributed by atoms with Crippen LogP contribution in [0.1, 0.15) is 20.8 Å². The Labute approximate surface area is 87.7 Å². The average molecular weight is 271 g/mol. The maximum absolute atomic E-state index is 12.0. The van der Waals surface area contributed by atoms with Gasteiger partial charge in [-0.15, -0.1) is 0 Å². The number of hydrogen-bond donors (Lipinski definition) is 0. The standard InChI is InChI=1S/C8H16BrO3P/c1-4-12-8(10)7(9)13(11,5-2)6-3/h7H,4-6H2,1-3H3. The van der Waals surface area contributed by atoms with Gasteiger partial charge in [-0.05, 0) is 19.2 Å². The van der Waals surface area contributed by atoms with Crippen molar-refractivity contribution in [1.29, 1.82) is 0 Å². The van der Waals surface area contributed by atoms with Gasteiger partial charge in [0.1, 0.15) is 7.14 Å². The summed E-state index contributed by atoms with van der Waals surface area (Å²) in [5, 5.41) is 0. The second-order valence-electron chi connectivity index (χ2n) is 2.67. The molecule has 0 aliphatic carbocycles. The van der Waals surface area contributed by atoms with Gasteiger partial charge in [-0.1, -0.05) is 29.8 Å². The lowest BCUT2D eigenvalue weighted by atomic mass is 10.8. The van der Waals surface area contributed by atoms with Crippen LogP contribution in [0.4, 0.5) is 0 Å². The van der Waals surface area contributed by atoms with Crippen LogP contribution in [0.15, 0.2) is 0 Å². The average Bonchev–Trinajstić information content (AvgIpc) is 2.16. The van der Waals surface area contributed by atoms with Crippen molar-refractivity contribution in [3.8, 4) is 0 Å². The molecule has 13 heavy (non-hydrogen) atoms. The molecule has 0 saturated heterocycles.